The van der Waals surface area contributed by atoms with Crippen molar-refractivity contribution in [3.8, 4) is 11.5 Å². The van der Waals surface area contributed by atoms with E-state index in [0.717, 1.165) is 5.56 Å². The summed E-state index contributed by atoms with van der Waals surface area (Å²) in [5.74, 6) is 1.30. The predicted octanol–water partition coefficient (Wildman–Crippen LogP) is 1.79. The number of hydrogen-bond donors (Lipinski definition) is 1. The lowest BCUT2D eigenvalue weighted by Gasteiger charge is -2.09. The van der Waals surface area contributed by atoms with Gasteiger partial charge >= 0.3 is 0 Å². The van der Waals surface area contributed by atoms with Crippen LogP contribution in [-0.2, 0) is 0 Å². The van der Waals surface area contributed by atoms with Crippen LogP contribution in [0.5, 0.6) is 0 Å². The van der Waals surface area contributed by atoms with E-state index in [-0.39, 0.29) is 12.0 Å². The maximum absolute atomic E-state index is 5.93. The van der Waals surface area contributed by atoms with Crippen molar-refractivity contribution in [3.05, 3.63) is 30.4 Å². The summed E-state index contributed by atoms with van der Waals surface area (Å²) in [7, 11) is 0. The Balaban J connectivity index is 2.27. The fraction of sp³-hybridized carbons (Fsp3) is 0.364. The molecule has 5 heteroatoms. The second-order valence-electron chi connectivity index (χ2n) is 3.96. The maximum atomic E-state index is 5.93. The van der Waals surface area contributed by atoms with E-state index in [1.54, 1.807) is 12.4 Å². The normalized spacial score (nSPS) is 13.0. The molecule has 0 radical (unpaired) electrons. The number of nitrogens with two attached hydrogens (primary N) is 1. The molecule has 2 N–H and O–H groups in total. The summed E-state index contributed by atoms with van der Waals surface area (Å²) in [6.07, 6.45) is 3.36. The zero-order valence-electron chi connectivity index (χ0n) is 9.29. The van der Waals surface area contributed by atoms with Crippen LogP contribution in [0.3, 0.4) is 0 Å². The van der Waals surface area contributed by atoms with E-state index in [4.69, 9.17) is 10.3 Å². The fourth-order valence-corrected chi connectivity index (χ4v) is 1.28. The lowest BCUT2D eigenvalue weighted by molar-refractivity contribution is 0.400. The number of rotatable bonds is 3. The molecule has 0 aromatic carbocycles. The van der Waals surface area contributed by atoms with Gasteiger partial charge in [-0.15, -0.1) is 0 Å². The van der Waals surface area contributed by atoms with Crippen LogP contribution < -0.4 is 5.73 Å². The molecule has 0 amide bonds. The standard InChI is InChI=1S/C11H14N4O/c1-7(2)9(12)10-14-11(16-15-10)8-3-5-13-6-4-8/h3-7,9H,12H2,1-2H3. The molecular weight excluding hydrogens is 204 g/mol. The number of nitrogens with zero attached hydrogens (tertiary/aromatic N) is 3. The van der Waals surface area contributed by atoms with Crippen molar-refractivity contribution in [2.24, 2.45) is 11.7 Å². The third-order valence-corrected chi connectivity index (χ3v) is 2.39. The topological polar surface area (TPSA) is 77.8 Å². The van der Waals surface area contributed by atoms with Gasteiger partial charge in [-0.2, -0.15) is 4.98 Å². The van der Waals surface area contributed by atoms with Gasteiger partial charge in [-0.3, -0.25) is 4.98 Å². The van der Waals surface area contributed by atoms with E-state index in [2.05, 4.69) is 15.1 Å². The van der Waals surface area contributed by atoms with Crippen molar-refractivity contribution in [2.75, 3.05) is 0 Å². The van der Waals surface area contributed by atoms with Crippen LogP contribution in [0.4, 0.5) is 0 Å². The van der Waals surface area contributed by atoms with E-state index in [1.165, 1.54) is 0 Å². The van der Waals surface area contributed by atoms with Crippen molar-refractivity contribution in [1.29, 1.82) is 0 Å². The van der Waals surface area contributed by atoms with Crippen molar-refractivity contribution in [2.45, 2.75) is 19.9 Å². The largest absolute Gasteiger partial charge is 0.334 e. The van der Waals surface area contributed by atoms with E-state index in [9.17, 15) is 0 Å². The van der Waals surface area contributed by atoms with Crippen molar-refractivity contribution >= 4 is 0 Å². The molecule has 0 saturated heterocycles. The molecule has 1 atom stereocenters. The zero-order chi connectivity index (χ0) is 11.5. The lowest BCUT2D eigenvalue weighted by atomic mass is 10.1. The van der Waals surface area contributed by atoms with Gasteiger partial charge in [-0.25, -0.2) is 0 Å². The molecule has 0 aliphatic carbocycles. The predicted molar refractivity (Wildman–Crippen MR) is 59.3 cm³/mol. The number of aromatic nitrogens is 3. The van der Waals surface area contributed by atoms with Crippen LogP contribution in [0, 0.1) is 5.92 Å². The Kier molecular flexibility index (Phi) is 2.96. The van der Waals surface area contributed by atoms with E-state index < -0.39 is 0 Å². The average molecular weight is 218 g/mol. The first-order chi connectivity index (χ1) is 7.68. The molecular formula is C11H14N4O. The molecule has 0 spiro atoms. The summed E-state index contributed by atoms with van der Waals surface area (Å²) in [6, 6.07) is 3.44. The SMILES string of the molecule is CC(C)C(N)c1noc(-c2ccncc2)n1. The first-order valence-electron chi connectivity index (χ1n) is 5.18. The highest BCUT2D eigenvalue weighted by molar-refractivity contribution is 5.51. The van der Waals surface area contributed by atoms with E-state index in [0.29, 0.717) is 11.7 Å². The molecule has 2 rings (SSSR count). The van der Waals surface area contributed by atoms with Crippen LogP contribution >= 0.6 is 0 Å². The van der Waals surface area contributed by atoms with Gasteiger partial charge in [0.15, 0.2) is 5.82 Å². The Morgan fingerprint density at radius 1 is 1.25 bits per heavy atom. The van der Waals surface area contributed by atoms with Crippen LogP contribution in [0.2, 0.25) is 0 Å². The quantitative estimate of drug-likeness (QED) is 0.849. The molecule has 2 aromatic heterocycles. The molecule has 16 heavy (non-hydrogen) atoms. The number of pyridine rings is 1. The van der Waals surface area contributed by atoms with Crippen molar-refractivity contribution < 1.29 is 4.52 Å². The van der Waals surface area contributed by atoms with Crippen LogP contribution in [-0.4, -0.2) is 15.1 Å². The van der Waals surface area contributed by atoms with Crippen LogP contribution in [0.25, 0.3) is 11.5 Å². The second-order valence-corrected chi connectivity index (χ2v) is 3.96. The molecule has 0 aliphatic heterocycles. The summed E-state index contributed by atoms with van der Waals surface area (Å²) in [5.41, 5.74) is 6.78. The Bertz CT molecular complexity index is 452. The molecule has 5 nitrogen and oxygen atoms in total. The average Bonchev–Trinajstić information content (AvgIpc) is 2.78. The van der Waals surface area contributed by atoms with E-state index in [1.807, 2.05) is 26.0 Å². The molecule has 0 saturated carbocycles. The monoisotopic (exact) mass is 218 g/mol. The minimum absolute atomic E-state index is 0.195. The Morgan fingerprint density at radius 3 is 2.56 bits per heavy atom. The summed E-state index contributed by atoms with van der Waals surface area (Å²) in [4.78, 5) is 8.20. The Hall–Kier alpha value is -1.75. The van der Waals surface area contributed by atoms with Gasteiger partial charge in [-0.05, 0) is 18.1 Å². The highest BCUT2D eigenvalue weighted by Crippen LogP contribution is 2.20. The van der Waals surface area contributed by atoms with E-state index >= 15 is 0 Å². The van der Waals surface area contributed by atoms with Crippen molar-refractivity contribution in [1.82, 2.24) is 15.1 Å². The molecule has 0 fully saturated rings. The molecule has 1 unspecified atom stereocenters. The molecule has 2 heterocycles. The minimum Gasteiger partial charge on any atom is -0.334 e. The van der Waals surface area contributed by atoms with Gasteiger partial charge in [0.2, 0.25) is 0 Å². The first kappa shape index (κ1) is 10.8. The van der Waals surface area contributed by atoms with Gasteiger partial charge in [0.1, 0.15) is 0 Å². The van der Waals surface area contributed by atoms with Gasteiger partial charge in [0.05, 0.1) is 6.04 Å². The molecule has 84 valence electrons. The Morgan fingerprint density at radius 2 is 1.94 bits per heavy atom. The van der Waals surface area contributed by atoms with Gasteiger partial charge in [0.25, 0.3) is 5.89 Å². The fourth-order valence-electron chi connectivity index (χ4n) is 1.28. The molecule has 0 aliphatic rings. The molecule has 0 bridgehead atoms. The minimum atomic E-state index is -0.195. The number of hydrogen-bond acceptors (Lipinski definition) is 5. The highest BCUT2D eigenvalue weighted by atomic mass is 16.5. The van der Waals surface area contributed by atoms with Gasteiger partial charge in [0, 0.05) is 18.0 Å². The summed E-state index contributed by atoms with van der Waals surface area (Å²) in [6.45, 7) is 4.04. The van der Waals surface area contributed by atoms with Crippen LogP contribution in [0.15, 0.2) is 29.0 Å². The zero-order valence-corrected chi connectivity index (χ0v) is 9.29. The lowest BCUT2D eigenvalue weighted by Crippen LogP contribution is -2.18. The summed E-state index contributed by atoms with van der Waals surface area (Å²) in [5, 5.41) is 3.88. The maximum Gasteiger partial charge on any atom is 0.258 e. The first-order valence-corrected chi connectivity index (χ1v) is 5.18. The highest BCUT2D eigenvalue weighted by Gasteiger charge is 2.17. The van der Waals surface area contributed by atoms with Gasteiger partial charge < -0.3 is 10.3 Å². The smallest absolute Gasteiger partial charge is 0.258 e. The summed E-state index contributed by atoms with van der Waals surface area (Å²) >= 11 is 0. The van der Waals surface area contributed by atoms with Crippen LogP contribution in [0.1, 0.15) is 25.7 Å². The second kappa shape index (κ2) is 4.40. The summed E-state index contributed by atoms with van der Waals surface area (Å²) < 4.78 is 5.15. The Labute approximate surface area is 93.7 Å². The third-order valence-electron chi connectivity index (χ3n) is 2.39. The third kappa shape index (κ3) is 2.09. The van der Waals surface area contributed by atoms with Gasteiger partial charge in [-0.1, -0.05) is 19.0 Å². The molecule has 2 aromatic rings. The van der Waals surface area contributed by atoms with Crippen molar-refractivity contribution in [3.63, 3.8) is 0 Å².